The lowest BCUT2D eigenvalue weighted by molar-refractivity contribution is -0.118. The first-order valence-electron chi connectivity index (χ1n) is 6.30. The molecule has 0 radical (unpaired) electrons. The molecule has 0 bridgehead atoms. The van der Waals surface area contributed by atoms with Gasteiger partial charge in [0.15, 0.2) is 6.61 Å². The number of hydrogen-bond acceptors (Lipinski definition) is 2. The van der Waals surface area contributed by atoms with Gasteiger partial charge in [0.05, 0.1) is 0 Å². The van der Waals surface area contributed by atoms with Crippen LogP contribution in [0.3, 0.4) is 0 Å². The molecule has 2 aromatic rings. The smallest absolute Gasteiger partial charge is 0.262 e. The van der Waals surface area contributed by atoms with Crippen molar-refractivity contribution in [1.29, 1.82) is 0 Å². The Morgan fingerprint density at radius 2 is 2.00 bits per heavy atom. The summed E-state index contributed by atoms with van der Waals surface area (Å²) in [5.74, 6) is 0.568. The normalized spacial score (nSPS) is 10.2. The van der Waals surface area contributed by atoms with E-state index in [9.17, 15) is 4.79 Å². The summed E-state index contributed by atoms with van der Waals surface area (Å²) in [4.78, 5) is 11.8. The molecule has 1 N–H and O–H groups in total. The Kier molecular flexibility index (Phi) is 4.79. The van der Waals surface area contributed by atoms with Crippen molar-refractivity contribution in [2.24, 2.45) is 0 Å². The van der Waals surface area contributed by atoms with Gasteiger partial charge in [-0.3, -0.25) is 4.79 Å². The van der Waals surface area contributed by atoms with E-state index in [-0.39, 0.29) is 12.5 Å². The zero-order valence-corrected chi connectivity index (χ0v) is 13.0. The lowest BCUT2D eigenvalue weighted by Gasteiger charge is -2.10. The number of amides is 1. The van der Waals surface area contributed by atoms with Crippen LogP contribution >= 0.6 is 15.9 Å². The van der Waals surface area contributed by atoms with E-state index in [1.54, 1.807) is 0 Å². The van der Waals surface area contributed by atoms with Crippen molar-refractivity contribution < 1.29 is 9.53 Å². The van der Waals surface area contributed by atoms with Crippen LogP contribution < -0.4 is 10.1 Å². The van der Waals surface area contributed by atoms with Gasteiger partial charge in [0.2, 0.25) is 0 Å². The minimum atomic E-state index is -0.177. The number of carbonyl (C=O) groups is 1. The van der Waals surface area contributed by atoms with E-state index < -0.39 is 0 Å². The molecule has 2 rings (SSSR count). The van der Waals surface area contributed by atoms with Crippen molar-refractivity contribution in [1.82, 2.24) is 0 Å². The molecule has 3 nitrogen and oxygen atoms in total. The van der Waals surface area contributed by atoms with E-state index in [2.05, 4.69) is 21.2 Å². The molecule has 0 unspecified atom stereocenters. The fourth-order valence-electron chi connectivity index (χ4n) is 1.77. The number of nitrogens with one attached hydrogen (secondary N) is 1. The second-order valence-corrected chi connectivity index (χ2v) is 5.53. The summed E-state index contributed by atoms with van der Waals surface area (Å²) in [6.45, 7) is 3.95. The molecule has 0 aliphatic rings. The summed E-state index contributed by atoms with van der Waals surface area (Å²) < 4.78 is 6.48. The second kappa shape index (κ2) is 6.57. The van der Waals surface area contributed by atoms with Gasteiger partial charge in [-0.2, -0.15) is 0 Å². The molecule has 0 heterocycles. The Bertz CT molecular complexity index is 626. The molecule has 2 aromatic carbocycles. The van der Waals surface area contributed by atoms with Crippen LogP contribution in [-0.2, 0) is 4.79 Å². The minimum absolute atomic E-state index is 0.00317. The van der Waals surface area contributed by atoms with Crippen LogP contribution in [0.5, 0.6) is 5.75 Å². The van der Waals surface area contributed by atoms with Crippen molar-refractivity contribution in [3.63, 3.8) is 0 Å². The standard InChI is InChI=1S/C16H16BrNO2/c1-11-6-7-12(2)15(8-11)20-10-16(19)18-14-5-3-4-13(17)9-14/h3-9H,10H2,1-2H3,(H,18,19). The lowest BCUT2D eigenvalue weighted by Crippen LogP contribution is -2.20. The fraction of sp³-hybridized carbons (Fsp3) is 0.188. The Balaban J connectivity index is 1.94. The maximum Gasteiger partial charge on any atom is 0.262 e. The second-order valence-electron chi connectivity index (χ2n) is 4.62. The summed E-state index contributed by atoms with van der Waals surface area (Å²) in [7, 11) is 0. The molecule has 1 amide bonds. The average molecular weight is 334 g/mol. The summed E-state index contributed by atoms with van der Waals surface area (Å²) in [6.07, 6.45) is 0. The highest BCUT2D eigenvalue weighted by atomic mass is 79.9. The van der Waals surface area contributed by atoms with Crippen LogP contribution in [0.1, 0.15) is 11.1 Å². The molecule has 0 atom stereocenters. The molecule has 0 saturated carbocycles. The summed E-state index contributed by atoms with van der Waals surface area (Å²) in [5, 5.41) is 2.79. The number of benzene rings is 2. The molecule has 0 aliphatic heterocycles. The number of anilines is 1. The average Bonchev–Trinajstić information content (AvgIpc) is 2.40. The summed E-state index contributed by atoms with van der Waals surface area (Å²) >= 11 is 3.36. The zero-order valence-electron chi connectivity index (χ0n) is 11.4. The molecule has 0 fully saturated rings. The SMILES string of the molecule is Cc1ccc(C)c(OCC(=O)Nc2cccc(Br)c2)c1. The molecule has 0 saturated heterocycles. The van der Waals surface area contributed by atoms with Gasteiger partial charge in [0.1, 0.15) is 5.75 Å². The number of aryl methyl sites for hydroxylation is 2. The first-order chi connectivity index (χ1) is 9.54. The molecule has 0 aromatic heterocycles. The quantitative estimate of drug-likeness (QED) is 0.915. The van der Waals surface area contributed by atoms with Crippen molar-refractivity contribution in [2.75, 3.05) is 11.9 Å². The Morgan fingerprint density at radius 1 is 1.20 bits per heavy atom. The van der Waals surface area contributed by atoms with E-state index in [1.807, 2.05) is 56.3 Å². The van der Waals surface area contributed by atoms with Gasteiger partial charge in [0, 0.05) is 10.2 Å². The van der Waals surface area contributed by atoms with Crippen molar-refractivity contribution in [2.45, 2.75) is 13.8 Å². The van der Waals surface area contributed by atoms with Crippen molar-refractivity contribution in [3.05, 3.63) is 58.1 Å². The largest absolute Gasteiger partial charge is 0.483 e. The van der Waals surface area contributed by atoms with Crippen LogP contribution in [0.4, 0.5) is 5.69 Å². The van der Waals surface area contributed by atoms with Gasteiger partial charge in [-0.15, -0.1) is 0 Å². The van der Waals surface area contributed by atoms with Gasteiger partial charge in [0.25, 0.3) is 5.91 Å². The molecule has 104 valence electrons. The van der Waals surface area contributed by atoms with Gasteiger partial charge >= 0.3 is 0 Å². The number of carbonyl (C=O) groups excluding carboxylic acids is 1. The third-order valence-corrected chi connectivity index (χ3v) is 3.30. The Hall–Kier alpha value is -1.81. The topological polar surface area (TPSA) is 38.3 Å². The maximum atomic E-state index is 11.8. The maximum absolute atomic E-state index is 11.8. The van der Waals surface area contributed by atoms with E-state index in [4.69, 9.17) is 4.74 Å². The highest BCUT2D eigenvalue weighted by molar-refractivity contribution is 9.10. The summed E-state index contributed by atoms with van der Waals surface area (Å²) in [6, 6.07) is 13.4. The van der Waals surface area contributed by atoms with Crippen molar-refractivity contribution >= 4 is 27.5 Å². The van der Waals surface area contributed by atoms with Crippen LogP contribution in [0.15, 0.2) is 46.9 Å². The Labute approximate surface area is 127 Å². The highest BCUT2D eigenvalue weighted by Gasteiger charge is 2.06. The van der Waals surface area contributed by atoms with E-state index >= 15 is 0 Å². The van der Waals surface area contributed by atoms with Crippen LogP contribution in [0.25, 0.3) is 0 Å². The van der Waals surface area contributed by atoms with Gasteiger partial charge in [-0.1, -0.05) is 34.1 Å². The number of rotatable bonds is 4. The molecule has 20 heavy (non-hydrogen) atoms. The third kappa shape index (κ3) is 4.10. The monoisotopic (exact) mass is 333 g/mol. The predicted molar refractivity (Wildman–Crippen MR) is 84.2 cm³/mol. The molecular formula is C16H16BrNO2. The molecule has 4 heteroatoms. The predicted octanol–water partition coefficient (Wildman–Crippen LogP) is 4.08. The first-order valence-corrected chi connectivity index (χ1v) is 7.09. The molecular weight excluding hydrogens is 318 g/mol. The Morgan fingerprint density at radius 3 is 2.75 bits per heavy atom. The van der Waals surface area contributed by atoms with Crippen molar-refractivity contribution in [3.8, 4) is 5.75 Å². The van der Waals surface area contributed by atoms with Gasteiger partial charge in [-0.05, 0) is 49.2 Å². The van der Waals surface area contributed by atoms with Gasteiger partial charge in [-0.25, -0.2) is 0 Å². The number of hydrogen-bond donors (Lipinski definition) is 1. The van der Waals surface area contributed by atoms with E-state index in [0.717, 1.165) is 27.0 Å². The zero-order chi connectivity index (χ0) is 14.5. The van der Waals surface area contributed by atoms with E-state index in [1.165, 1.54) is 0 Å². The minimum Gasteiger partial charge on any atom is -0.483 e. The fourth-order valence-corrected chi connectivity index (χ4v) is 2.17. The van der Waals surface area contributed by atoms with E-state index in [0.29, 0.717) is 0 Å². The molecule has 0 spiro atoms. The van der Waals surface area contributed by atoms with Crippen LogP contribution in [0.2, 0.25) is 0 Å². The van der Waals surface area contributed by atoms with Crippen LogP contribution in [0, 0.1) is 13.8 Å². The number of halogens is 1. The van der Waals surface area contributed by atoms with Crippen LogP contribution in [-0.4, -0.2) is 12.5 Å². The third-order valence-electron chi connectivity index (χ3n) is 2.81. The lowest BCUT2D eigenvalue weighted by atomic mass is 10.1. The highest BCUT2D eigenvalue weighted by Crippen LogP contribution is 2.19. The first kappa shape index (κ1) is 14.6. The van der Waals surface area contributed by atoms with Gasteiger partial charge < -0.3 is 10.1 Å². The molecule has 0 aliphatic carbocycles. The summed E-state index contributed by atoms with van der Waals surface area (Å²) in [5.41, 5.74) is 2.87. The number of ether oxygens (including phenoxy) is 1.